The molecule has 0 amide bonds. The molecular weight excluding hydrogens is 496 g/mol. The molecule has 0 heterocycles. The number of nitrogens with zero attached hydrogens (tertiary/aromatic N) is 2. The number of benzene rings is 2. The molecule has 0 saturated carbocycles. The zero-order valence-corrected chi connectivity index (χ0v) is 26.9. The molecule has 0 radical (unpaired) electrons. The summed E-state index contributed by atoms with van der Waals surface area (Å²) in [5, 5.41) is 0. The van der Waals surface area contributed by atoms with Gasteiger partial charge in [0.1, 0.15) is 0 Å². The SMILES string of the molecule is CCCCCCCCC(=C=[N+]=[N-])C(CCCC)=C(c1ccc(CCCCC)cc1)c1cccc(CCCCCC)c1. The summed E-state index contributed by atoms with van der Waals surface area (Å²) in [5.74, 6) is 3.06. The Labute approximate surface area is 253 Å². The maximum atomic E-state index is 9.70. The molecule has 0 aliphatic carbocycles. The molecule has 2 rings (SSSR count). The van der Waals surface area contributed by atoms with Crippen LogP contribution >= 0.6 is 0 Å². The van der Waals surface area contributed by atoms with Crippen LogP contribution in [0.2, 0.25) is 0 Å². The standard InChI is InChI=1S/C39H58N2/c1-5-9-13-15-16-19-24-37(32-41-40)38(26-12-8-4)39(35-29-27-33(28-30-35)21-17-11-7-3)36-25-20-23-34(31-36)22-18-14-10-6-2/h20,23,25,27-31H,5-19,21-22,24,26H2,1-4H3. The third-order valence-electron chi connectivity index (χ3n) is 8.26. The fourth-order valence-electron chi connectivity index (χ4n) is 5.77. The molecular formula is C39H58N2. The molecule has 2 nitrogen and oxygen atoms in total. The summed E-state index contributed by atoms with van der Waals surface area (Å²) in [6.07, 6.45) is 22.8. The minimum Gasteiger partial charge on any atom is -0.348 e. The van der Waals surface area contributed by atoms with Crippen molar-refractivity contribution in [1.82, 2.24) is 0 Å². The second-order valence-electron chi connectivity index (χ2n) is 11.8. The molecule has 41 heavy (non-hydrogen) atoms. The van der Waals surface area contributed by atoms with Crippen LogP contribution < -0.4 is 0 Å². The molecule has 0 aromatic heterocycles. The van der Waals surface area contributed by atoms with E-state index < -0.39 is 0 Å². The highest BCUT2D eigenvalue weighted by atomic mass is 14.8. The van der Waals surface area contributed by atoms with Gasteiger partial charge in [0.15, 0.2) is 0 Å². The first-order chi connectivity index (χ1) is 20.2. The molecule has 0 atom stereocenters. The molecule has 224 valence electrons. The van der Waals surface area contributed by atoms with Crippen LogP contribution in [-0.4, -0.2) is 10.7 Å². The zero-order valence-electron chi connectivity index (χ0n) is 26.9. The van der Waals surface area contributed by atoms with E-state index in [2.05, 4.69) is 86.9 Å². The fraction of sp³-hybridized carbons (Fsp3) is 0.590. The number of hydrogen-bond donors (Lipinski definition) is 0. The molecule has 0 aliphatic heterocycles. The van der Waals surface area contributed by atoms with Crippen LogP contribution in [0.25, 0.3) is 11.1 Å². The van der Waals surface area contributed by atoms with E-state index in [1.165, 1.54) is 110 Å². The molecule has 0 fully saturated rings. The topological polar surface area (TPSA) is 36.4 Å². The Morgan fingerprint density at radius 1 is 0.585 bits per heavy atom. The van der Waals surface area contributed by atoms with Crippen molar-refractivity contribution in [3.05, 3.63) is 87.5 Å². The van der Waals surface area contributed by atoms with Gasteiger partial charge in [0.2, 0.25) is 0 Å². The lowest BCUT2D eigenvalue weighted by molar-refractivity contribution is 0.00739. The predicted octanol–water partition coefficient (Wildman–Crippen LogP) is 12.1. The minimum atomic E-state index is 0.907. The summed E-state index contributed by atoms with van der Waals surface area (Å²) in [5.41, 5.74) is 18.8. The van der Waals surface area contributed by atoms with Crippen LogP contribution in [-0.2, 0) is 12.8 Å². The molecule has 2 heteroatoms. The number of aryl methyl sites for hydroxylation is 2. The van der Waals surface area contributed by atoms with E-state index >= 15 is 0 Å². The van der Waals surface area contributed by atoms with Crippen molar-refractivity contribution in [2.45, 2.75) is 150 Å². The molecule has 0 N–H and O–H groups in total. The van der Waals surface area contributed by atoms with E-state index in [4.69, 9.17) is 0 Å². The Hall–Kier alpha value is -2.66. The molecule has 0 aliphatic rings. The highest BCUT2D eigenvalue weighted by Crippen LogP contribution is 2.35. The highest BCUT2D eigenvalue weighted by Gasteiger charge is 2.18. The van der Waals surface area contributed by atoms with Crippen molar-refractivity contribution in [3.63, 3.8) is 0 Å². The van der Waals surface area contributed by atoms with E-state index in [1.54, 1.807) is 0 Å². The highest BCUT2D eigenvalue weighted by molar-refractivity contribution is 5.87. The van der Waals surface area contributed by atoms with Crippen LogP contribution in [0.1, 0.15) is 159 Å². The Kier molecular flexibility index (Phi) is 18.5. The van der Waals surface area contributed by atoms with Crippen LogP contribution in [0.4, 0.5) is 0 Å². The Morgan fingerprint density at radius 2 is 1.17 bits per heavy atom. The predicted molar refractivity (Wildman–Crippen MR) is 180 cm³/mol. The summed E-state index contributed by atoms with van der Waals surface area (Å²) in [7, 11) is 0. The van der Waals surface area contributed by atoms with Crippen molar-refractivity contribution < 1.29 is 4.79 Å². The van der Waals surface area contributed by atoms with Gasteiger partial charge in [0.25, 0.3) is 0 Å². The summed E-state index contributed by atoms with van der Waals surface area (Å²) >= 11 is 0. The second kappa shape index (κ2) is 22.0. The number of hydrogen-bond acceptors (Lipinski definition) is 0. The third-order valence-corrected chi connectivity index (χ3v) is 8.26. The summed E-state index contributed by atoms with van der Waals surface area (Å²) in [6, 6.07) is 18.5. The first-order valence-electron chi connectivity index (χ1n) is 17.1. The maximum absolute atomic E-state index is 9.70. The lowest BCUT2D eigenvalue weighted by Crippen LogP contribution is -2.02. The van der Waals surface area contributed by atoms with Crippen LogP contribution in [0.15, 0.2) is 59.7 Å². The van der Waals surface area contributed by atoms with E-state index in [1.807, 2.05) is 0 Å². The number of rotatable bonds is 22. The summed E-state index contributed by atoms with van der Waals surface area (Å²) in [4.78, 5) is 3.47. The third kappa shape index (κ3) is 13.2. The van der Waals surface area contributed by atoms with Crippen LogP contribution in [0, 0.1) is 0 Å². The van der Waals surface area contributed by atoms with Crippen molar-refractivity contribution in [3.8, 4) is 0 Å². The van der Waals surface area contributed by atoms with E-state index in [9.17, 15) is 5.53 Å². The van der Waals surface area contributed by atoms with Gasteiger partial charge >= 0.3 is 5.87 Å². The van der Waals surface area contributed by atoms with Gasteiger partial charge in [-0.1, -0.05) is 147 Å². The largest absolute Gasteiger partial charge is 0.348 e. The molecule has 0 spiro atoms. The van der Waals surface area contributed by atoms with E-state index in [0.717, 1.165) is 50.5 Å². The molecule has 0 unspecified atom stereocenters. The van der Waals surface area contributed by atoms with Gasteiger partial charge < -0.3 is 5.53 Å². The van der Waals surface area contributed by atoms with Crippen LogP contribution in [0.3, 0.4) is 0 Å². The number of unbranched alkanes of at least 4 members (excludes halogenated alkanes) is 11. The minimum absolute atomic E-state index is 0.907. The van der Waals surface area contributed by atoms with Gasteiger partial charge in [-0.05, 0) is 84.8 Å². The van der Waals surface area contributed by atoms with Gasteiger partial charge in [0.05, 0.1) is 5.57 Å². The van der Waals surface area contributed by atoms with Crippen molar-refractivity contribution in [1.29, 1.82) is 0 Å². The second-order valence-corrected chi connectivity index (χ2v) is 11.8. The van der Waals surface area contributed by atoms with Gasteiger partial charge in [-0.2, -0.15) is 0 Å². The fourth-order valence-corrected chi connectivity index (χ4v) is 5.77. The Balaban J connectivity index is 2.55. The average molecular weight is 555 g/mol. The average Bonchev–Trinajstić information content (AvgIpc) is 2.99. The maximum Gasteiger partial charge on any atom is 0.303 e. The van der Waals surface area contributed by atoms with Crippen molar-refractivity contribution in [2.75, 3.05) is 0 Å². The van der Waals surface area contributed by atoms with Crippen molar-refractivity contribution in [2.24, 2.45) is 0 Å². The van der Waals surface area contributed by atoms with Crippen molar-refractivity contribution >= 4 is 11.4 Å². The molecule has 2 aromatic rings. The lowest BCUT2D eigenvalue weighted by Gasteiger charge is -2.18. The van der Waals surface area contributed by atoms with Gasteiger partial charge in [-0.15, -0.1) is 4.79 Å². The summed E-state index contributed by atoms with van der Waals surface area (Å²) < 4.78 is 0. The van der Waals surface area contributed by atoms with Gasteiger partial charge in [-0.25, -0.2) is 0 Å². The van der Waals surface area contributed by atoms with Crippen LogP contribution in [0.5, 0.6) is 0 Å². The van der Waals surface area contributed by atoms with E-state index in [-0.39, 0.29) is 0 Å². The number of allylic oxidation sites excluding steroid dienone is 2. The monoisotopic (exact) mass is 554 g/mol. The lowest BCUT2D eigenvalue weighted by atomic mass is 9.84. The van der Waals surface area contributed by atoms with Gasteiger partial charge in [0, 0.05) is 0 Å². The summed E-state index contributed by atoms with van der Waals surface area (Å²) in [6.45, 7) is 9.07. The molecule has 0 bridgehead atoms. The first-order valence-corrected chi connectivity index (χ1v) is 17.1. The quantitative estimate of drug-likeness (QED) is 0.0456. The smallest absolute Gasteiger partial charge is 0.303 e. The van der Waals surface area contributed by atoms with E-state index in [0.29, 0.717) is 0 Å². The zero-order chi connectivity index (χ0) is 29.5. The molecule has 2 aromatic carbocycles. The Bertz CT molecular complexity index is 1090. The van der Waals surface area contributed by atoms with Gasteiger partial charge in [-0.3, -0.25) is 0 Å². The normalized spacial score (nSPS) is 11.6. The first kappa shape index (κ1) is 34.5. The molecule has 0 saturated heterocycles. The Morgan fingerprint density at radius 3 is 1.85 bits per heavy atom.